The van der Waals surface area contributed by atoms with E-state index < -0.39 is 41.7 Å². The zero-order valence-electron chi connectivity index (χ0n) is 18.0. The first-order chi connectivity index (χ1) is 15.3. The minimum absolute atomic E-state index is 0.0937. The smallest absolute Gasteiger partial charge is 0.370 e. The van der Waals surface area contributed by atoms with Gasteiger partial charge in [-0.05, 0) is 49.1 Å². The Morgan fingerprint density at radius 1 is 1.00 bits per heavy atom. The molecule has 0 aliphatic heterocycles. The summed E-state index contributed by atoms with van der Waals surface area (Å²) in [5.74, 6) is -0.348. The van der Waals surface area contributed by atoms with Crippen LogP contribution in [0.1, 0.15) is 54.0 Å². The van der Waals surface area contributed by atoms with Crippen molar-refractivity contribution < 1.29 is 35.9 Å². The van der Waals surface area contributed by atoms with Gasteiger partial charge in [-0.3, -0.25) is 0 Å². The van der Waals surface area contributed by atoms with Gasteiger partial charge in [-0.1, -0.05) is 30.3 Å². The van der Waals surface area contributed by atoms with Crippen LogP contribution >= 0.6 is 0 Å². The highest BCUT2D eigenvalue weighted by Crippen LogP contribution is 2.43. The second kappa shape index (κ2) is 9.24. The standard InChI is InChI=1S/C23H24F6N2O2/c1-13(15-10-16(22(24,25)26)12-17(11-15)23(27,28)29)33-19-9-8-18(31(2)21(30)32)20(19)14-6-4-3-5-7-14/h3-7,10-13,18-20H,8-9H2,1-2H3,(H2,30,32)/t13-,18?,19?,20?/m0/s1. The molecular formula is C23H24F6N2O2. The van der Waals surface area contributed by atoms with Crippen molar-refractivity contribution in [2.75, 3.05) is 7.05 Å². The number of rotatable bonds is 5. The number of ether oxygens (including phenoxy) is 1. The topological polar surface area (TPSA) is 55.6 Å². The number of nitrogens with zero attached hydrogens (tertiary/aromatic N) is 1. The molecule has 3 rings (SSSR count). The molecule has 0 aromatic heterocycles. The van der Waals surface area contributed by atoms with E-state index in [2.05, 4.69) is 0 Å². The second-order valence-electron chi connectivity index (χ2n) is 8.19. The summed E-state index contributed by atoms with van der Waals surface area (Å²) in [5, 5.41) is 0. The Morgan fingerprint density at radius 3 is 2.03 bits per heavy atom. The van der Waals surface area contributed by atoms with E-state index in [1.807, 2.05) is 18.2 Å². The SMILES string of the molecule is C[C@H](OC1CCC(N(C)C(N)=O)C1c1ccccc1)c1cc(C(F)(F)F)cc(C(F)(F)F)c1. The lowest BCUT2D eigenvalue weighted by molar-refractivity contribution is -0.143. The second-order valence-corrected chi connectivity index (χ2v) is 8.19. The van der Waals surface area contributed by atoms with E-state index in [1.54, 1.807) is 19.2 Å². The maximum atomic E-state index is 13.2. The van der Waals surface area contributed by atoms with Gasteiger partial charge in [0.05, 0.1) is 23.3 Å². The number of alkyl halides is 6. The number of hydrogen-bond acceptors (Lipinski definition) is 2. The summed E-state index contributed by atoms with van der Waals surface area (Å²) in [6, 6.07) is 9.59. The fourth-order valence-corrected chi connectivity index (χ4v) is 4.36. The number of carbonyl (C=O) groups excluding carboxylic acids is 1. The van der Waals surface area contributed by atoms with Crippen LogP contribution in [0.2, 0.25) is 0 Å². The lowest BCUT2D eigenvalue weighted by Gasteiger charge is -2.32. The van der Waals surface area contributed by atoms with Crippen molar-refractivity contribution in [3.8, 4) is 0 Å². The molecule has 4 atom stereocenters. The Bertz CT molecular complexity index is 945. The van der Waals surface area contributed by atoms with Crippen molar-refractivity contribution in [3.05, 3.63) is 70.8 Å². The van der Waals surface area contributed by atoms with Gasteiger partial charge in [0.25, 0.3) is 0 Å². The largest absolute Gasteiger partial charge is 0.416 e. The van der Waals surface area contributed by atoms with E-state index in [1.165, 1.54) is 11.8 Å². The van der Waals surface area contributed by atoms with E-state index in [0.717, 1.165) is 5.56 Å². The van der Waals surface area contributed by atoms with E-state index in [9.17, 15) is 31.1 Å². The minimum Gasteiger partial charge on any atom is -0.370 e. The summed E-state index contributed by atoms with van der Waals surface area (Å²) in [6.45, 7) is 1.42. The van der Waals surface area contributed by atoms with Crippen molar-refractivity contribution in [2.24, 2.45) is 5.73 Å². The molecule has 1 aliphatic rings. The molecule has 0 heterocycles. The van der Waals surface area contributed by atoms with Gasteiger partial charge in [-0.2, -0.15) is 26.3 Å². The van der Waals surface area contributed by atoms with Crippen molar-refractivity contribution in [1.82, 2.24) is 4.90 Å². The van der Waals surface area contributed by atoms with Crippen LogP contribution in [0, 0.1) is 0 Å². The van der Waals surface area contributed by atoms with Crippen LogP contribution in [0.15, 0.2) is 48.5 Å². The predicted molar refractivity (Wildman–Crippen MR) is 109 cm³/mol. The summed E-state index contributed by atoms with van der Waals surface area (Å²) in [4.78, 5) is 13.2. The molecule has 1 saturated carbocycles. The quantitative estimate of drug-likeness (QED) is 0.531. The zero-order valence-corrected chi connectivity index (χ0v) is 18.0. The average Bonchev–Trinajstić information content (AvgIpc) is 3.15. The van der Waals surface area contributed by atoms with Crippen LogP contribution in [0.3, 0.4) is 0 Å². The summed E-state index contributed by atoms with van der Waals surface area (Å²) in [7, 11) is 1.55. The van der Waals surface area contributed by atoms with Gasteiger partial charge in [0.1, 0.15) is 0 Å². The van der Waals surface area contributed by atoms with Crippen molar-refractivity contribution >= 4 is 6.03 Å². The third-order valence-corrected chi connectivity index (χ3v) is 6.05. The Kier molecular flexibility index (Phi) is 6.97. The van der Waals surface area contributed by atoms with Crippen LogP contribution in [-0.2, 0) is 17.1 Å². The molecule has 0 saturated heterocycles. The highest BCUT2D eigenvalue weighted by molar-refractivity contribution is 5.72. The van der Waals surface area contributed by atoms with Crippen molar-refractivity contribution in [2.45, 2.75) is 56.3 Å². The molecule has 0 radical (unpaired) electrons. The third kappa shape index (κ3) is 5.61. The molecule has 2 N–H and O–H groups in total. The summed E-state index contributed by atoms with van der Waals surface area (Å²) >= 11 is 0. The van der Waals surface area contributed by atoms with Gasteiger partial charge in [0.15, 0.2) is 0 Å². The molecule has 0 bridgehead atoms. The van der Waals surface area contributed by atoms with Crippen LogP contribution in [0.5, 0.6) is 0 Å². The molecule has 4 nitrogen and oxygen atoms in total. The Hall–Kier alpha value is -2.75. The molecule has 2 amide bonds. The van der Waals surface area contributed by atoms with E-state index in [-0.39, 0.29) is 23.6 Å². The summed E-state index contributed by atoms with van der Waals surface area (Å²) in [6.07, 6.45) is -10.5. The molecule has 2 aromatic rings. The van der Waals surface area contributed by atoms with Crippen molar-refractivity contribution in [1.29, 1.82) is 0 Å². The maximum absolute atomic E-state index is 13.2. The zero-order chi connectivity index (χ0) is 24.6. The van der Waals surface area contributed by atoms with E-state index in [0.29, 0.717) is 25.0 Å². The lowest BCUT2D eigenvalue weighted by atomic mass is 9.91. The molecule has 3 unspecified atom stereocenters. The fourth-order valence-electron chi connectivity index (χ4n) is 4.36. The molecule has 1 aliphatic carbocycles. The van der Waals surface area contributed by atoms with Crippen LogP contribution in [-0.4, -0.2) is 30.1 Å². The first kappa shape index (κ1) is 24.9. The number of benzene rings is 2. The molecule has 33 heavy (non-hydrogen) atoms. The maximum Gasteiger partial charge on any atom is 0.416 e. The fraction of sp³-hybridized carbons (Fsp3) is 0.435. The van der Waals surface area contributed by atoms with Gasteiger partial charge in [0, 0.05) is 19.0 Å². The molecule has 180 valence electrons. The third-order valence-electron chi connectivity index (χ3n) is 6.05. The van der Waals surface area contributed by atoms with Gasteiger partial charge in [-0.15, -0.1) is 0 Å². The van der Waals surface area contributed by atoms with E-state index >= 15 is 0 Å². The number of urea groups is 1. The summed E-state index contributed by atoms with van der Waals surface area (Å²) in [5.41, 5.74) is 3.28. The first-order valence-electron chi connectivity index (χ1n) is 10.3. The molecule has 0 spiro atoms. The van der Waals surface area contributed by atoms with Crippen LogP contribution in [0.25, 0.3) is 0 Å². The normalized spacial score (nSPS) is 22.2. The van der Waals surface area contributed by atoms with Gasteiger partial charge in [0.2, 0.25) is 0 Å². The highest BCUT2D eigenvalue weighted by atomic mass is 19.4. The Labute approximate surface area is 187 Å². The Morgan fingerprint density at radius 2 is 1.55 bits per heavy atom. The lowest BCUT2D eigenvalue weighted by Crippen LogP contribution is -2.43. The molecule has 2 aromatic carbocycles. The number of hydrogen-bond donors (Lipinski definition) is 1. The number of halogens is 6. The van der Waals surface area contributed by atoms with Gasteiger partial charge >= 0.3 is 18.4 Å². The minimum atomic E-state index is -4.94. The first-order valence-corrected chi connectivity index (χ1v) is 10.3. The number of likely N-dealkylation sites (N-methyl/N-ethyl adjacent to an activating group) is 1. The highest BCUT2D eigenvalue weighted by Gasteiger charge is 2.42. The van der Waals surface area contributed by atoms with Crippen LogP contribution < -0.4 is 5.73 Å². The number of primary amides is 1. The van der Waals surface area contributed by atoms with Gasteiger partial charge < -0.3 is 15.4 Å². The Balaban J connectivity index is 1.94. The summed E-state index contributed by atoms with van der Waals surface area (Å²) < 4.78 is 85.5. The molecular weight excluding hydrogens is 450 g/mol. The number of nitrogens with two attached hydrogens (primary N) is 1. The monoisotopic (exact) mass is 474 g/mol. The molecule has 10 heteroatoms. The molecule has 1 fully saturated rings. The van der Waals surface area contributed by atoms with Crippen LogP contribution in [0.4, 0.5) is 31.1 Å². The van der Waals surface area contributed by atoms with Gasteiger partial charge in [-0.25, -0.2) is 4.79 Å². The number of carbonyl (C=O) groups is 1. The number of amides is 2. The average molecular weight is 474 g/mol. The predicted octanol–water partition coefficient (Wildman–Crippen LogP) is 6.13. The van der Waals surface area contributed by atoms with Crippen molar-refractivity contribution in [3.63, 3.8) is 0 Å². The van der Waals surface area contributed by atoms with E-state index in [4.69, 9.17) is 10.5 Å².